The van der Waals surface area contributed by atoms with E-state index in [-0.39, 0.29) is 11.6 Å². The first-order valence-electron chi connectivity index (χ1n) is 6.06. The zero-order chi connectivity index (χ0) is 15.4. The Hall–Kier alpha value is -2.27. The number of rotatable bonds is 4. The second kappa shape index (κ2) is 6.45. The molecular weight excluding hydrogens is 297 g/mol. The van der Waals surface area contributed by atoms with E-state index < -0.39 is 11.8 Å². The highest BCUT2D eigenvalue weighted by atomic mass is 35.5. The van der Waals surface area contributed by atoms with Crippen LogP contribution in [0.5, 0.6) is 5.75 Å². The van der Waals surface area contributed by atoms with E-state index in [4.69, 9.17) is 22.1 Å². The minimum absolute atomic E-state index is 0.0325. The highest BCUT2D eigenvalue weighted by molar-refractivity contribution is 6.30. The molecule has 0 aromatic heterocycles. The molecule has 0 saturated heterocycles. The zero-order valence-corrected chi connectivity index (χ0v) is 12.0. The first-order chi connectivity index (χ1) is 10.0. The number of benzene rings is 2. The van der Waals surface area contributed by atoms with E-state index in [1.54, 1.807) is 18.2 Å². The van der Waals surface area contributed by atoms with Crippen LogP contribution in [0.15, 0.2) is 36.4 Å². The Balaban J connectivity index is 2.09. The molecule has 0 atom stereocenters. The van der Waals surface area contributed by atoms with Crippen molar-refractivity contribution < 1.29 is 18.7 Å². The molecule has 0 heterocycles. The fourth-order valence-corrected chi connectivity index (χ4v) is 1.92. The number of methoxy groups -OCH3 is 1. The number of carbonyl (C=O) groups is 1. The maximum atomic E-state index is 13.0. The number of hydrogen-bond donors (Lipinski definition) is 1. The number of ether oxygens (including phenoxy) is 2. The summed E-state index contributed by atoms with van der Waals surface area (Å²) in [6.45, 7) is 0.182. The molecule has 0 aliphatic heterocycles. The van der Waals surface area contributed by atoms with Crippen molar-refractivity contribution in [1.82, 2.24) is 0 Å². The Labute approximate surface area is 126 Å². The molecule has 21 heavy (non-hydrogen) atoms. The minimum atomic E-state index is -0.484. The van der Waals surface area contributed by atoms with Crippen LogP contribution >= 0.6 is 11.6 Å². The summed E-state index contributed by atoms with van der Waals surface area (Å²) in [6.07, 6.45) is 0. The molecule has 0 aliphatic carbocycles. The SMILES string of the molecule is COC(=O)c1ccc(OCc2ccc(F)c(Cl)c2)c(N)c1. The van der Waals surface area contributed by atoms with Gasteiger partial charge in [0, 0.05) is 0 Å². The van der Waals surface area contributed by atoms with Crippen LogP contribution in [0.3, 0.4) is 0 Å². The lowest BCUT2D eigenvalue weighted by atomic mass is 10.2. The number of hydrogen-bond acceptors (Lipinski definition) is 4. The third kappa shape index (κ3) is 3.64. The third-order valence-electron chi connectivity index (χ3n) is 2.81. The van der Waals surface area contributed by atoms with Gasteiger partial charge in [-0.15, -0.1) is 0 Å². The van der Waals surface area contributed by atoms with Crippen molar-refractivity contribution in [2.45, 2.75) is 6.61 Å². The Morgan fingerprint density at radius 3 is 2.67 bits per heavy atom. The van der Waals surface area contributed by atoms with Crippen molar-refractivity contribution in [2.75, 3.05) is 12.8 Å². The van der Waals surface area contributed by atoms with Gasteiger partial charge in [0.05, 0.1) is 23.4 Å². The van der Waals surface area contributed by atoms with E-state index in [0.29, 0.717) is 22.6 Å². The molecule has 0 saturated carbocycles. The summed E-state index contributed by atoms with van der Waals surface area (Å²) in [5, 5.41) is 0.0325. The Morgan fingerprint density at radius 1 is 1.29 bits per heavy atom. The summed E-state index contributed by atoms with van der Waals surface area (Å²) in [4.78, 5) is 11.4. The van der Waals surface area contributed by atoms with Gasteiger partial charge in [-0.2, -0.15) is 0 Å². The fraction of sp³-hybridized carbons (Fsp3) is 0.133. The molecule has 0 amide bonds. The minimum Gasteiger partial charge on any atom is -0.487 e. The first-order valence-corrected chi connectivity index (χ1v) is 6.43. The van der Waals surface area contributed by atoms with Crippen LogP contribution in [0, 0.1) is 5.82 Å². The van der Waals surface area contributed by atoms with Crippen molar-refractivity contribution in [3.63, 3.8) is 0 Å². The lowest BCUT2D eigenvalue weighted by Gasteiger charge is -2.10. The first kappa shape index (κ1) is 15.1. The molecule has 2 N–H and O–H groups in total. The van der Waals surface area contributed by atoms with E-state index in [1.807, 2.05) is 0 Å². The van der Waals surface area contributed by atoms with Crippen LogP contribution in [-0.4, -0.2) is 13.1 Å². The van der Waals surface area contributed by atoms with Crippen LogP contribution in [0.25, 0.3) is 0 Å². The molecule has 2 aromatic carbocycles. The zero-order valence-electron chi connectivity index (χ0n) is 11.2. The molecule has 4 nitrogen and oxygen atoms in total. The summed E-state index contributed by atoms with van der Waals surface area (Å²) >= 11 is 5.69. The van der Waals surface area contributed by atoms with Gasteiger partial charge in [0.1, 0.15) is 18.2 Å². The predicted molar refractivity (Wildman–Crippen MR) is 77.9 cm³/mol. The largest absolute Gasteiger partial charge is 0.487 e. The standard InChI is InChI=1S/C15H13ClFNO3/c1-20-15(19)10-3-5-14(13(18)7-10)21-8-9-2-4-12(17)11(16)6-9/h2-7H,8,18H2,1H3. The number of nitrogens with two attached hydrogens (primary N) is 1. The van der Waals surface area contributed by atoms with E-state index in [2.05, 4.69) is 4.74 Å². The van der Waals surface area contributed by atoms with Crippen LogP contribution in [0.1, 0.15) is 15.9 Å². The van der Waals surface area contributed by atoms with Crippen molar-refractivity contribution in [2.24, 2.45) is 0 Å². The van der Waals surface area contributed by atoms with Gasteiger partial charge in [0.2, 0.25) is 0 Å². The van der Waals surface area contributed by atoms with Gasteiger partial charge in [-0.25, -0.2) is 9.18 Å². The van der Waals surface area contributed by atoms with Crippen molar-refractivity contribution >= 4 is 23.3 Å². The van der Waals surface area contributed by atoms with Crippen LogP contribution < -0.4 is 10.5 Å². The summed E-state index contributed by atoms with van der Waals surface area (Å²) in [6, 6.07) is 8.92. The molecule has 2 aromatic rings. The van der Waals surface area contributed by atoms with Crippen LogP contribution in [-0.2, 0) is 11.3 Å². The molecular formula is C15H13ClFNO3. The lowest BCUT2D eigenvalue weighted by molar-refractivity contribution is 0.0600. The van der Waals surface area contributed by atoms with Crippen molar-refractivity contribution in [1.29, 1.82) is 0 Å². The Kier molecular flexibility index (Phi) is 4.65. The van der Waals surface area contributed by atoms with Gasteiger partial charge in [0.25, 0.3) is 0 Å². The molecule has 110 valence electrons. The van der Waals surface area contributed by atoms with E-state index in [0.717, 1.165) is 0 Å². The smallest absolute Gasteiger partial charge is 0.337 e. The maximum absolute atomic E-state index is 13.0. The topological polar surface area (TPSA) is 61.5 Å². The molecule has 0 bridgehead atoms. The maximum Gasteiger partial charge on any atom is 0.337 e. The van der Waals surface area contributed by atoms with E-state index in [9.17, 15) is 9.18 Å². The molecule has 6 heteroatoms. The number of nitrogen functional groups attached to an aromatic ring is 1. The monoisotopic (exact) mass is 309 g/mol. The lowest BCUT2D eigenvalue weighted by Crippen LogP contribution is -2.04. The summed E-state index contributed by atoms with van der Waals surface area (Å²) in [5.74, 6) is -0.538. The third-order valence-corrected chi connectivity index (χ3v) is 3.10. The number of halogens is 2. The molecule has 0 radical (unpaired) electrons. The molecule has 0 spiro atoms. The normalized spacial score (nSPS) is 10.2. The average Bonchev–Trinajstić information content (AvgIpc) is 2.48. The fourth-order valence-electron chi connectivity index (χ4n) is 1.72. The summed E-state index contributed by atoms with van der Waals surface area (Å²) < 4.78 is 23.2. The van der Waals surface area contributed by atoms with E-state index in [1.165, 1.54) is 25.3 Å². The van der Waals surface area contributed by atoms with Gasteiger partial charge in [-0.3, -0.25) is 0 Å². The molecule has 2 rings (SSSR count). The summed E-state index contributed by atoms with van der Waals surface area (Å²) in [5.41, 5.74) is 7.17. The average molecular weight is 310 g/mol. The Morgan fingerprint density at radius 2 is 2.05 bits per heavy atom. The number of carbonyl (C=O) groups excluding carboxylic acids is 1. The van der Waals surface area contributed by atoms with Gasteiger partial charge in [-0.1, -0.05) is 17.7 Å². The van der Waals surface area contributed by atoms with Gasteiger partial charge in [-0.05, 0) is 35.9 Å². The van der Waals surface area contributed by atoms with Gasteiger partial charge >= 0.3 is 5.97 Å². The number of anilines is 1. The predicted octanol–water partition coefficient (Wildman–Crippen LogP) is 3.43. The van der Waals surface area contributed by atoms with Gasteiger partial charge < -0.3 is 15.2 Å². The quantitative estimate of drug-likeness (QED) is 0.694. The van der Waals surface area contributed by atoms with Crippen molar-refractivity contribution in [3.05, 3.63) is 58.4 Å². The Bertz CT molecular complexity index is 676. The highest BCUT2D eigenvalue weighted by Gasteiger charge is 2.09. The highest BCUT2D eigenvalue weighted by Crippen LogP contribution is 2.24. The second-order valence-corrected chi connectivity index (χ2v) is 4.69. The van der Waals surface area contributed by atoms with Crippen molar-refractivity contribution in [3.8, 4) is 5.75 Å². The molecule has 0 fully saturated rings. The van der Waals surface area contributed by atoms with E-state index >= 15 is 0 Å². The van der Waals surface area contributed by atoms with Crippen LogP contribution in [0.4, 0.5) is 10.1 Å². The second-order valence-electron chi connectivity index (χ2n) is 4.28. The van der Waals surface area contributed by atoms with Gasteiger partial charge in [0.15, 0.2) is 0 Å². The summed E-state index contributed by atoms with van der Waals surface area (Å²) in [7, 11) is 1.29. The molecule has 0 aliphatic rings. The number of esters is 1. The molecule has 0 unspecified atom stereocenters. The van der Waals surface area contributed by atoms with Crippen LogP contribution in [0.2, 0.25) is 5.02 Å².